The monoisotopic (exact) mass is 481 g/mol. The summed E-state index contributed by atoms with van der Waals surface area (Å²) in [6, 6.07) is 13.4. The molecule has 2 heterocycles. The molecule has 1 saturated heterocycles. The second kappa shape index (κ2) is 11.4. The van der Waals surface area contributed by atoms with E-state index in [1.165, 1.54) is 5.01 Å². The van der Waals surface area contributed by atoms with Crippen molar-refractivity contribution in [2.75, 3.05) is 40.4 Å². The van der Waals surface area contributed by atoms with Gasteiger partial charge < -0.3 is 19.1 Å². The number of piperazine rings is 1. The smallest absolute Gasteiger partial charge is 0.254 e. The summed E-state index contributed by atoms with van der Waals surface area (Å²) in [5.41, 5.74) is 2.68. The molecule has 1 aliphatic rings. The van der Waals surface area contributed by atoms with Crippen LogP contribution in [0.2, 0.25) is 0 Å². The summed E-state index contributed by atoms with van der Waals surface area (Å²) in [7, 11) is 3.14. The van der Waals surface area contributed by atoms with Gasteiger partial charge in [0, 0.05) is 43.7 Å². The van der Waals surface area contributed by atoms with E-state index in [9.17, 15) is 4.79 Å². The van der Waals surface area contributed by atoms with E-state index in [-0.39, 0.29) is 5.91 Å². The predicted molar refractivity (Wildman–Crippen MR) is 133 cm³/mol. The third-order valence-corrected chi connectivity index (χ3v) is 6.92. The molecule has 2 aromatic carbocycles. The van der Waals surface area contributed by atoms with Crippen molar-refractivity contribution in [2.24, 2.45) is 0 Å². The van der Waals surface area contributed by atoms with E-state index in [0.29, 0.717) is 42.5 Å². The van der Waals surface area contributed by atoms with E-state index < -0.39 is 0 Å². The molecule has 0 atom stereocenters. The molecule has 7 nitrogen and oxygen atoms in total. The quantitative estimate of drug-likeness (QED) is 0.455. The largest absolute Gasteiger partial charge is 0.493 e. The Bertz CT molecular complexity index is 1070. The standard InChI is InChI=1S/C26H31N3O4S/c1-4-24-27-21(18-34-24)16-28-10-12-29(13-11-28)26(30)20-14-22(31-2)25(23(15-20)32-3)33-17-19-8-6-5-7-9-19/h5-9,14-15,18H,4,10-13,16-17H2,1-3H3. The summed E-state index contributed by atoms with van der Waals surface area (Å²) in [5, 5.41) is 3.30. The first kappa shape index (κ1) is 24.0. The Hall–Kier alpha value is -3.10. The van der Waals surface area contributed by atoms with Crippen LogP contribution >= 0.6 is 11.3 Å². The number of ether oxygens (including phenoxy) is 3. The van der Waals surface area contributed by atoms with Gasteiger partial charge in [-0.2, -0.15) is 0 Å². The zero-order chi connectivity index (χ0) is 23.9. The fourth-order valence-electron chi connectivity index (χ4n) is 3.98. The van der Waals surface area contributed by atoms with Crippen LogP contribution in [0.15, 0.2) is 47.8 Å². The van der Waals surface area contributed by atoms with Gasteiger partial charge in [-0.05, 0) is 24.1 Å². The van der Waals surface area contributed by atoms with Crippen LogP contribution in [0.4, 0.5) is 0 Å². The van der Waals surface area contributed by atoms with Crippen LogP contribution in [-0.4, -0.2) is 61.1 Å². The van der Waals surface area contributed by atoms with Crippen LogP contribution in [0.25, 0.3) is 0 Å². The van der Waals surface area contributed by atoms with Crippen molar-refractivity contribution in [1.82, 2.24) is 14.8 Å². The Labute approximate surface area is 204 Å². The zero-order valence-electron chi connectivity index (χ0n) is 20.0. The maximum absolute atomic E-state index is 13.3. The van der Waals surface area contributed by atoms with Crippen LogP contribution in [0, 0.1) is 0 Å². The fourth-order valence-corrected chi connectivity index (χ4v) is 4.72. The average molecular weight is 482 g/mol. The van der Waals surface area contributed by atoms with Gasteiger partial charge in [0.25, 0.3) is 5.91 Å². The molecule has 1 fully saturated rings. The number of aromatic nitrogens is 1. The molecule has 34 heavy (non-hydrogen) atoms. The second-order valence-corrected chi connectivity index (χ2v) is 9.08. The highest BCUT2D eigenvalue weighted by molar-refractivity contribution is 7.09. The van der Waals surface area contributed by atoms with E-state index in [2.05, 4.69) is 22.2 Å². The first-order chi connectivity index (χ1) is 16.6. The number of nitrogens with zero attached hydrogens (tertiary/aromatic N) is 3. The Balaban J connectivity index is 1.41. The third-order valence-electron chi connectivity index (χ3n) is 5.88. The van der Waals surface area contributed by atoms with Crippen molar-refractivity contribution in [3.63, 3.8) is 0 Å². The van der Waals surface area contributed by atoms with Crippen molar-refractivity contribution in [1.29, 1.82) is 0 Å². The number of methoxy groups -OCH3 is 2. The first-order valence-electron chi connectivity index (χ1n) is 11.5. The molecule has 0 spiro atoms. The second-order valence-electron chi connectivity index (χ2n) is 8.14. The number of hydrogen-bond donors (Lipinski definition) is 0. The first-order valence-corrected chi connectivity index (χ1v) is 12.4. The molecule has 3 aromatic rings. The Morgan fingerprint density at radius 3 is 2.29 bits per heavy atom. The van der Waals surface area contributed by atoms with Crippen molar-refractivity contribution < 1.29 is 19.0 Å². The molecule has 1 amide bonds. The summed E-state index contributed by atoms with van der Waals surface area (Å²) in [6.07, 6.45) is 0.968. The van der Waals surface area contributed by atoms with Gasteiger partial charge in [-0.15, -0.1) is 11.3 Å². The molecule has 0 N–H and O–H groups in total. The molecule has 0 bridgehead atoms. The molecular formula is C26H31N3O4S. The Morgan fingerprint density at radius 1 is 1.03 bits per heavy atom. The van der Waals surface area contributed by atoms with E-state index >= 15 is 0 Å². The molecule has 1 aliphatic heterocycles. The predicted octanol–water partition coefficient (Wildman–Crippen LogP) is 4.26. The molecule has 0 saturated carbocycles. The molecule has 0 aliphatic carbocycles. The van der Waals surface area contributed by atoms with Gasteiger partial charge in [0.05, 0.1) is 24.9 Å². The van der Waals surface area contributed by atoms with Gasteiger partial charge >= 0.3 is 0 Å². The van der Waals surface area contributed by atoms with Crippen LogP contribution in [0.3, 0.4) is 0 Å². The van der Waals surface area contributed by atoms with Gasteiger partial charge in [-0.1, -0.05) is 37.3 Å². The van der Waals surface area contributed by atoms with Gasteiger partial charge in [0.1, 0.15) is 6.61 Å². The molecule has 1 aromatic heterocycles. The molecule has 0 radical (unpaired) electrons. The van der Waals surface area contributed by atoms with Gasteiger partial charge in [-0.3, -0.25) is 9.69 Å². The maximum atomic E-state index is 13.3. The molecule has 180 valence electrons. The highest BCUT2D eigenvalue weighted by Crippen LogP contribution is 2.39. The highest BCUT2D eigenvalue weighted by atomic mass is 32.1. The SMILES string of the molecule is CCc1nc(CN2CCN(C(=O)c3cc(OC)c(OCc4ccccc4)c(OC)c3)CC2)cs1. The number of carbonyl (C=O) groups is 1. The van der Waals surface area contributed by atoms with Crippen LogP contribution < -0.4 is 14.2 Å². The molecular weight excluding hydrogens is 450 g/mol. The van der Waals surface area contributed by atoms with E-state index in [4.69, 9.17) is 14.2 Å². The van der Waals surface area contributed by atoms with Crippen molar-refractivity contribution in [2.45, 2.75) is 26.5 Å². The van der Waals surface area contributed by atoms with Crippen molar-refractivity contribution >= 4 is 17.2 Å². The molecule has 0 unspecified atom stereocenters. The lowest BCUT2D eigenvalue weighted by atomic mass is 10.1. The summed E-state index contributed by atoms with van der Waals surface area (Å²) in [6.45, 7) is 6.30. The summed E-state index contributed by atoms with van der Waals surface area (Å²) >= 11 is 1.71. The van der Waals surface area contributed by atoms with Crippen molar-refractivity contribution in [3.8, 4) is 17.2 Å². The van der Waals surface area contributed by atoms with Gasteiger partial charge in [0.15, 0.2) is 11.5 Å². The highest BCUT2D eigenvalue weighted by Gasteiger charge is 2.25. The van der Waals surface area contributed by atoms with Crippen LogP contribution in [0.1, 0.15) is 33.5 Å². The fraction of sp³-hybridized carbons (Fsp3) is 0.385. The summed E-state index contributed by atoms with van der Waals surface area (Å²) < 4.78 is 17.1. The topological polar surface area (TPSA) is 64.1 Å². The van der Waals surface area contributed by atoms with Crippen molar-refractivity contribution in [3.05, 3.63) is 69.7 Å². The Kier molecular flexibility index (Phi) is 8.03. The lowest BCUT2D eigenvalue weighted by Crippen LogP contribution is -2.48. The average Bonchev–Trinajstić information content (AvgIpc) is 3.35. The van der Waals surface area contributed by atoms with Gasteiger partial charge in [0.2, 0.25) is 5.75 Å². The van der Waals surface area contributed by atoms with E-state index in [1.54, 1.807) is 37.7 Å². The van der Waals surface area contributed by atoms with E-state index in [1.807, 2.05) is 35.2 Å². The summed E-state index contributed by atoms with van der Waals surface area (Å²) in [4.78, 5) is 22.2. The molecule has 8 heteroatoms. The number of carbonyl (C=O) groups excluding carboxylic acids is 1. The number of thiazole rings is 1. The molecule has 4 rings (SSSR count). The van der Waals surface area contributed by atoms with Crippen LogP contribution in [-0.2, 0) is 19.6 Å². The maximum Gasteiger partial charge on any atom is 0.254 e. The third kappa shape index (κ3) is 5.69. The minimum Gasteiger partial charge on any atom is -0.493 e. The number of hydrogen-bond acceptors (Lipinski definition) is 7. The summed E-state index contributed by atoms with van der Waals surface area (Å²) in [5.74, 6) is 1.41. The lowest BCUT2D eigenvalue weighted by Gasteiger charge is -2.34. The van der Waals surface area contributed by atoms with E-state index in [0.717, 1.165) is 37.3 Å². The van der Waals surface area contributed by atoms with Crippen LogP contribution in [0.5, 0.6) is 17.2 Å². The number of amides is 1. The van der Waals surface area contributed by atoms with Gasteiger partial charge in [-0.25, -0.2) is 4.98 Å². The minimum atomic E-state index is -0.0345. The normalized spacial score (nSPS) is 14.1. The number of aryl methyl sites for hydroxylation is 1. The zero-order valence-corrected chi connectivity index (χ0v) is 20.8. The number of benzene rings is 2. The Morgan fingerprint density at radius 2 is 1.71 bits per heavy atom. The minimum absolute atomic E-state index is 0.0345. The lowest BCUT2D eigenvalue weighted by molar-refractivity contribution is 0.0626. The number of rotatable bonds is 9.